The van der Waals surface area contributed by atoms with Crippen molar-refractivity contribution in [2.24, 2.45) is 0 Å². The summed E-state index contributed by atoms with van der Waals surface area (Å²) < 4.78 is 0. The van der Waals surface area contributed by atoms with Crippen LogP contribution in [-0.2, 0) is 0 Å². The summed E-state index contributed by atoms with van der Waals surface area (Å²) in [7, 11) is 0. The summed E-state index contributed by atoms with van der Waals surface area (Å²) in [4.78, 5) is 0.731. The largest absolute Gasteiger partial charge is 0.397 e. The zero-order valence-corrected chi connectivity index (χ0v) is 11.7. The van der Waals surface area contributed by atoms with Crippen LogP contribution in [-0.4, -0.2) is 0 Å². The Balaban J connectivity index is 0.000000306. The second kappa shape index (κ2) is 7.62. The second-order valence-electron chi connectivity index (χ2n) is 3.41. The maximum atomic E-state index is 5.48. The van der Waals surface area contributed by atoms with Crippen molar-refractivity contribution in [1.82, 2.24) is 0 Å². The summed E-state index contributed by atoms with van der Waals surface area (Å²) in [6, 6.07) is 12.6. The number of para-hydroxylation sites is 3. The minimum Gasteiger partial charge on any atom is -0.397 e. The number of hydrogen-bond acceptors (Lipinski definition) is 5. The van der Waals surface area contributed by atoms with Crippen LogP contribution in [0.3, 0.4) is 0 Å². The van der Waals surface area contributed by atoms with Gasteiger partial charge >= 0.3 is 0 Å². The summed E-state index contributed by atoms with van der Waals surface area (Å²) >= 11 is 4.06. The topological polar surface area (TPSA) is 104 Å². The number of benzene rings is 2. The Morgan fingerprint density at radius 1 is 0.667 bits per heavy atom. The zero-order valence-electron chi connectivity index (χ0n) is 9.80. The van der Waals surface area contributed by atoms with E-state index in [1.165, 1.54) is 0 Å². The lowest BCUT2D eigenvalue weighted by Crippen LogP contribution is -1.94. The van der Waals surface area contributed by atoms with Crippen molar-refractivity contribution in [2.75, 3.05) is 22.9 Å². The molecule has 0 aliphatic heterocycles. The Hall–Kier alpha value is -1.66. The predicted molar refractivity (Wildman–Crippen MR) is 88.2 cm³/mol. The lowest BCUT2D eigenvalue weighted by Gasteiger charge is -1.99. The van der Waals surface area contributed by atoms with E-state index in [2.05, 4.69) is 12.6 Å². The summed E-state index contributed by atoms with van der Waals surface area (Å²) in [6.45, 7) is 0. The lowest BCUT2D eigenvalue weighted by atomic mass is 10.3. The molecule has 0 spiro atoms. The molecule has 4 nitrogen and oxygen atoms in total. The van der Waals surface area contributed by atoms with Crippen molar-refractivity contribution >= 4 is 48.9 Å². The Kier molecular flexibility index (Phi) is 6.92. The van der Waals surface area contributed by atoms with E-state index in [9.17, 15) is 0 Å². The molecule has 0 amide bonds. The summed E-state index contributed by atoms with van der Waals surface area (Å²) in [6.07, 6.45) is 0. The normalized spacial score (nSPS) is 8.72. The molecule has 2 rings (SSSR count). The number of rotatable bonds is 0. The van der Waals surface area contributed by atoms with Crippen LogP contribution >= 0.6 is 26.1 Å². The SMILES string of the molecule is Nc1cccc(S)c1N.Nc1ccccc1N.S. The van der Waals surface area contributed by atoms with Gasteiger partial charge in [0, 0.05) is 4.90 Å². The van der Waals surface area contributed by atoms with Crippen LogP contribution in [0.15, 0.2) is 47.4 Å². The Bertz CT molecular complexity index is 462. The number of nitrogen functional groups attached to an aromatic ring is 4. The van der Waals surface area contributed by atoms with Crippen LogP contribution < -0.4 is 22.9 Å². The predicted octanol–water partition coefficient (Wildman–Crippen LogP) is 2.10. The van der Waals surface area contributed by atoms with E-state index in [-0.39, 0.29) is 13.5 Å². The zero-order chi connectivity index (χ0) is 12.8. The molecule has 0 heterocycles. The first kappa shape index (κ1) is 16.3. The van der Waals surface area contributed by atoms with Gasteiger partial charge in [0.15, 0.2) is 0 Å². The third-order valence-corrected chi connectivity index (χ3v) is 2.50. The molecule has 0 aromatic heterocycles. The van der Waals surface area contributed by atoms with Gasteiger partial charge in [-0.15, -0.1) is 12.6 Å². The average molecular weight is 282 g/mol. The fraction of sp³-hybridized carbons (Fsp3) is 0. The van der Waals surface area contributed by atoms with Crippen LogP contribution in [0, 0.1) is 0 Å². The van der Waals surface area contributed by atoms with E-state index in [1.807, 2.05) is 18.2 Å². The van der Waals surface area contributed by atoms with E-state index < -0.39 is 0 Å². The molecule has 0 aliphatic rings. The maximum Gasteiger partial charge on any atom is 0.0683 e. The van der Waals surface area contributed by atoms with Gasteiger partial charge in [-0.1, -0.05) is 18.2 Å². The average Bonchev–Trinajstić information content (AvgIpc) is 2.31. The highest BCUT2D eigenvalue weighted by molar-refractivity contribution is 7.80. The van der Waals surface area contributed by atoms with Crippen LogP contribution in [0.5, 0.6) is 0 Å². The molecule has 6 heteroatoms. The Morgan fingerprint density at radius 2 is 1.11 bits per heavy atom. The number of anilines is 4. The smallest absolute Gasteiger partial charge is 0.0683 e. The van der Waals surface area contributed by atoms with Crippen LogP contribution in [0.25, 0.3) is 0 Å². The molecule has 0 fully saturated rings. The number of nitrogens with two attached hydrogens (primary N) is 4. The molecule has 0 aliphatic carbocycles. The van der Waals surface area contributed by atoms with Crippen molar-refractivity contribution in [2.45, 2.75) is 4.90 Å². The van der Waals surface area contributed by atoms with Gasteiger partial charge in [0.2, 0.25) is 0 Å². The molecule has 98 valence electrons. The third kappa shape index (κ3) is 4.68. The molecule has 0 bridgehead atoms. The summed E-state index contributed by atoms with van der Waals surface area (Å²) in [5.41, 5.74) is 24.2. The Labute approximate surface area is 119 Å². The fourth-order valence-corrected chi connectivity index (χ4v) is 1.30. The molecule has 8 N–H and O–H groups in total. The van der Waals surface area contributed by atoms with E-state index >= 15 is 0 Å². The molecule has 0 saturated heterocycles. The molecule has 0 atom stereocenters. The first-order valence-electron chi connectivity index (χ1n) is 4.95. The van der Waals surface area contributed by atoms with Crippen LogP contribution in [0.1, 0.15) is 0 Å². The van der Waals surface area contributed by atoms with Gasteiger partial charge in [-0.05, 0) is 24.3 Å². The van der Waals surface area contributed by atoms with Crippen LogP contribution in [0.4, 0.5) is 22.7 Å². The Morgan fingerprint density at radius 3 is 1.44 bits per heavy atom. The highest BCUT2D eigenvalue weighted by atomic mass is 32.1. The molecule has 0 unspecified atom stereocenters. The second-order valence-corrected chi connectivity index (χ2v) is 3.89. The van der Waals surface area contributed by atoms with E-state index in [4.69, 9.17) is 22.9 Å². The van der Waals surface area contributed by atoms with E-state index in [0.29, 0.717) is 22.7 Å². The van der Waals surface area contributed by atoms with Gasteiger partial charge in [0.1, 0.15) is 0 Å². The lowest BCUT2D eigenvalue weighted by molar-refractivity contribution is 1.47. The van der Waals surface area contributed by atoms with Gasteiger partial charge in [-0.2, -0.15) is 13.5 Å². The maximum absolute atomic E-state index is 5.48. The molecular weight excluding hydrogens is 264 g/mol. The standard InChI is InChI=1S/C6H8N2S.C6H8N2.H2S/c7-4-2-1-3-5(9)6(4)8;7-5-3-1-2-4-6(5)8;/h1-3,9H,7-8H2;1-4H,7-8H2;1H2. The van der Waals surface area contributed by atoms with Gasteiger partial charge in [0.25, 0.3) is 0 Å². The molecular formula is C12H18N4S2. The molecule has 2 aromatic carbocycles. The third-order valence-electron chi connectivity index (χ3n) is 2.11. The monoisotopic (exact) mass is 282 g/mol. The van der Waals surface area contributed by atoms with Crippen molar-refractivity contribution in [1.29, 1.82) is 0 Å². The minimum absolute atomic E-state index is 0. The van der Waals surface area contributed by atoms with Crippen molar-refractivity contribution in [3.8, 4) is 0 Å². The van der Waals surface area contributed by atoms with Gasteiger partial charge < -0.3 is 22.9 Å². The molecule has 2 aromatic rings. The fourth-order valence-electron chi connectivity index (χ4n) is 1.08. The highest BCUT2D eigenvalue weighted by Crippen LogP contribution is 2.21. The van der Waals surface area contributed by atoms with Gasteiger partial charge in [-0.25, -0.2) is 0 Å². The first-order valence-corrected chi connectivity index (χ1v) is 5.40. The number of hydrogen-bond donors (Lipinski definition) is 5. The van der Waals surface area contributed by atoms with Crippen molar-refractivity contribution < 1.29 is 0 Å². The molecule has 0 saturated carbocycles. The van der Waals surface area contributed by atoms with Crippen molar-refractivity contribution in [3.05, 3.63) is 42.5 Å². The molecule has 18 heavy (non-hydrogen) atoms. The van der Waals surface area contributed by atoms with Crippen molar-refractivity contribution in [3.63, 3.8) is 0 Å². The summed E-state index contributed by atoms with van der Waals surface area (Å²) in [5.74, 6) is 0. The highest BCUT2D eigenvalue weighted by Gasteiger charge is 1.94. The van der Waals surface area contributed by atoms with Gasteiger partial charge in [-0.3, -0.25) is 0 Å². The van der Waals surface area contributed by atoms with E-state index in [1.54, 1.807) is 24.3 Å². The van der Waals surface area contributed by atoms with Crippen LogP contribution in [0.2, 0.25) is 0 Å². The summed E-state index contributed by atoms with van der Waals surface area (Å²) in [5, 5.41) is 0. The molecule has 0 radical (unpaired) electrons. The quantitative estimate of drug-likeness (QED) is 0.377. The van der Waals surface area contributed by atoms with Gasteiger partial charge in [0.05, 0.1) is 22.7 Å². The first-order chi connectivity index (χ1) is 8.02. The minimum atomic E-state index is 0. The van der Waals surface area contributed by atoms with E-state index in [0.717, 1.165) is 4.90 Å². The number of thiol groups is 1.